The highest BCUT2D eigenvalue weighted by Crippen LogP contribution is 2.22. The molecule has 0 aromatic heterocycles. The molecule has 3 atom stereocenters. The summed E-state index contributed by atoms with van der Waals surface area (Å²) in [5, 5.41) is 28.4. The molecule has 0 aromatic rings. The van der Waals surface area contributed by atoms with Crippen molar-refractivity contribution in [3.05, 3.63) is 12.2 Å². The molecule has 0 spiro atoms. The topological polar surface area (TPSA) is 112 Å². The first-order valence-corrected chi connectivity index (χ1v) is 13.7. The third-order valence-electron chi connectivity index (χ3n) is 6.89. The Morgan fingerprint density at radius 1 is 0.600 bits per heavy atom. The summed E-state index contributed by atoms with van der Waals surface area (Å²) >= 11 is 0. The Labute approximate surface area is 213 Å². The Kier molecular flexibility index (Phi) is 18.3. The number of allylic oxidation sites excluding steroid dienone is 2. The number of hydrogen-bond acceptors (Lipinski definition) is 3. The molecule has 35 heavy (non-hydrogen) atoms. The largest absolute Gasteiger partial charge is 0.481 e. The van der Waals surface area contributed by atoms with Gasteiger partial charge >= 0.3 is 17.9 Å². The number of aliphatic carboxylic acids is 3. The molecule has 0 saturated heterocycles. The zero-order chi connectivity index (χ0) is 26.7. The zero-order valence-corrected chi connectivity index (χ0v) is 22.7. The third-order valence-corrected chi connectivity index (χ3v) is 6.89. The molecule has 3 N–H and O–H groups in total. The van der Waals surface area contributed by atoms with Crippen molar-refractivity contribution in [3.8, 4) is 0 Å². The molecule has 0 aliphatic rings. The Balaban J connectivity index is 4.70. The number of rotatable bonds is 23. The Morgan fingerprint density at radius 3 is 1.31 bits per heavy atom. The number of hydrogen-bond donors (Lipinski definition) is 3. The Bertz CT molecular complexity index is 578. The molecule has 7 heteroatoms. The van der Waals surface area contributed by atoms with Gasteiger partial charge in [-0.1, -0.05) is 57.6 Å². The highest BCUT2D eigenvalue weighted by molar-refractivity contribution is 5.70. The smallest absolute Gasteiger partial charge is 0.311 e. The molecule has 7 nitrogen and oxygen atoms in total. The third kappa shape index (κ3) is 16.4. The molecule has 0 rings (SSSR count). The molecular formula is C28H52NO6+. The van der Waals surface area contributed by atoms with Crippen LogP contribution in [0.15, 0.2) is 12.2 Å². The van der Waals surface area contributed by atoms with E-state index in [1.54, 1.807) is 20.8 Å². The van der Waals surface area contributed by atoms with Crippen LogP contribution in [0.25, 0.3) is 0 Å². The average molecular weight is 499 g/mol. The summed E-state index contributed by atoms with van der Waals surface area (Å²) in [4.78, 5) is 34.7. The maximum Gasteiger partial charge on any atom is 0.311 e. The number of carboxylic acid groups (broad SMARTS) is 3. The Morgan fingerprint density at radius 2 is 0.943 bits per heavy atom. The standard InChI is InChI=1S/C28H51NO6/c1-5-6-7-8-9-10-11-12-13-14-15-16-17-18-19-29(20-23(2)26(30)31,21-24(3)27(32)33)22-25(4)28(34)35/h11-12,23-25H,5-10,13-22H2,1-4H3,(H2-,30,31,32,33,34,35)/p+1/b12-11+. The lowest BCUT2D eigenvalue weighted by Gasteiger charge is -2.42. The summed E-state index contributed by atoms with van der Waals surface area (Å²) in [5.74, 6) is -4.83. The molecule has 204 valence electrons. The van der Waals surface area contributed by atoms with Crippen LogP contribution in [-0.2, 0) is 14.4 Å². The van der Waals surface area contributed by atoms with Crippen LogP contribution in [-0.4, -0.2) is 63.9 Å². The molecule has 0 aromatic carbocycles. The maximum absolute atomic E-state index is 11.6. The fourth-order valence-corrected chi connectivity index (χ4v) is 4.82. The van der Waals surface area contributed by atoms with E-state index in [9.17, 15) is 29.7 Å². The van der Waals surface area contributed by atoms with E-state index in [0.29, 0.717) is 6.54 Å². The minimum Gasteiger partial charge on any atom is -0.481 e. The van der Waals surface area contributed by atoms with Crippen molar-refractivity contribution in [1.29, 1.82) is 0 Å². The summed E-state index contributed by atoms with van der Waals surface area (Å²) < 4.78 is 0.218. The van der Waals surface area contributed by atoms with Gasteiger partial charge in [-0.2, -0.15) is 0 Å². The summed E-state index contributed by atoms with van der Waals surface area (Å²) in [6.07, 6.45) is 18.6. The van der Waals surface area contributed by atoms with Gasteiger partial charge in [-0.3, -0.25) is 14.4 Å². The van der Waals surface area contributed by atoms with Gasteiger partial charge in [-0.15, -0.1) is 0 Å². The first kappa shape index (κ1) is 33.1. The Hall–Kier alpha value is -1.89. The zero-order valence-electron chi connectivity index (χ0n) is 22.7. The van der Waals surface area contributed by atoms with Crippen LogP contribution >= 0.6 is 0 Å². The monoisotopic (exact) mass is 498 g/mol. The van der Waals surface area contributed by atoms with Crippen LogP contribution in [0.5, 0.6) is 0 Å². The van der Waals surface area contributed by atoms with Gasteiger partial charge in [0.1, 0.15) is 17.8 Å². The highest BCUT2D eigenvalue weighted by atomic mass is 16.4. The number of nitrogens with zero attached hydrogens (tertiary/aromatic N) is 1. The van der Waals surface area contributed by atoms with Gasteiger partial charge in [0.25, 0.3) is 0 Å². The van der Waals surface area contributed by atoms with Crippen molar-refractivity contribution in [2.45, 2.75) is 105 Å². The van der Waals surface area contributed by atoms with Crippen molar-refractivity contribution in [2.24, 2.45) is 17.8 Å². The SMILES string of the molecule is CCCCCCC/C=C/CCCCCCC[N+](CC(C)C(=O)O)(CC(C)C(=O)O)CC(C)C(=O)O. The second-order valence-electron chi connectivity index (χ2n) is 10.6. The van der Waals surface area contributed by atoms with Crippen LogP contribution in [0.3, 0.4) is 0 Å². The summed E-state index contributed by atoms with van der Waals surface area (Å²) in [7, 11) is 0. The quantitative estimate of drug-likeness (QED) is 0.0875. The van der Waals surface area contributed by atoms with Crippen molar-refractivity contribution >= 4 is 17.9 Å². The molecule has 3 unspecified atom stereocenters. The second kappa shape index (κ2) is 19.3. The van der Waals surface area contributed by atoms with E-state index in [1.165, 1.54) is 38.5 Å². The molecule has 0 amide bonds. The predicted molar refractivity (Wildman–Crippen MR) is 140 cm³/mol. The fraction of sp³-hybridized carbons (Fsp3) is 0.821. The van der Waals surface area contributed by atoms with Crippen molar-refractivity contribution in [3.63, 3.8) is 0 Å². The number of carbonyl (C=O) groups is 3. The highest BCUT2D eigenvalue weighted by Gasteiger charge is 2.38. The fourth-order valence-electron chi connectivity index (χ4n) is 4.82. The summed E-state index contributed by atoms with van der Waals surface area (Å²) in [6, 6.07) is 0. The average Bonchev–Trinajstić information content (AvgIpc) is 2.78. The molecule has 0 radical (unpaired) electrons. The van der Waals surface area contributed by atoms with E-state index in [1.807, 2.05) is 0 Å². The van der Waals surface area contributed by atoms with Gasteiger partial charge in [0, 0.05) is 0 Å². The second-order valence-corrected chi connectivity index (χ2v) is 10.6. The van der Waals surface area contributed by atoms with Crippen LogP contribution in [0.2, 0.25) is 0 Å². The molecule has 0 bridgehead atoms. The van der Waals surface area contributed by atoms with Gasteiger partial charge in [0.15, 0.2) is 0 Å². The van der Waals surface area contributed by atoms with E-state index >= 15 is 0 Å². The number of quaternary nitrogens is 1. The van der Waals surface area contributed by atoms with Gasteiger partial charge in [0.2, 0.25) is 0 Å². The predicted octanol–water partition coefficient (Wildman–Crippen LogP) is 6.22. The lowest BCUT2D eigenvalue weighted by atomic mass is 10.0. The van der Waals surface area contributed by atoms with E-state index in [0.717, 1.165) is 38.5 Å². The van der Waals surface area contributed by atoms with E-state index < -0.39 is 35.7 Å². The lowest BCUT2D eigenvalue weighted by molar-refractivity contribution is -0.934. The van der Waals surface area contributed by atoms with Gasteiger partial charge < -0.3 is 19.8 Å². The van der Waals surface area contributed by atoms with E-state index in [2.05, 4.69) is 19.1 Å². The molecule has 0 heterocycles. The molecule has 0 fully saturated rings. The minimum absolute atomic E-state index is 0.218. The number of unbranched alkanes of at least 4 members (excludes halogenated alkanes) is 10. The molecule has 0 saturated carbocycles. The first-order valence-electron chi connectivity index (χ1n) is 13.7. The van der Waals surface area contributed by atoms with Crippen molar-refractivity contribution in [1.82, 2.24) is 0 Å². The van der Waals surface area contributed by atoms with Crippen molar-refractivity contribution < 1.29 is 34.2 Å². The summed E-state index contributed by atoms with van der Waals surface area (Å²) in [5.41, 5.74) is 0. The normalized spacial score (nSPS) is 16.0. The summed E-state index contributed by atoms with van der Waals surface area (Å²) in [6.45, 7) is 8.41. The molecule has 0 aliphatic carbocycles. The van der Waals surface area contributed by atoms with E-state index in [-0.39, 0.29) is 24.1 Å². The molecular weight excluding hydrogens is 446 g/mol. The van der Waals surface area contributed by atoms with Crippen LogP contribution in [0.1, 0.15) is 105 Å². The van der Waals surface area contributed by atoms with Gasteiger partial charge in [-0.25, -0.2) is 0 Å². The van der Waals surface area contributed by atoms with Gasteiger partial charge in [0.05, 0.1) is 26.2 Å². The van der Waals surface area contributed by atoms with Crippen LogP contribution in [0.4, 0.5) is 0 Å². The maximum atomic E-state index is 11.6. The minimum atomic E-state index is -0.938. The lowest BCUT2D eigenvalue weighted by Crippen LogP contribution is -2.57. The van der Waals surface area contributed by atoms with Gasteiger partial charge in [-0.05, 0) is 59.3 Å². The van der Waals surface area contributed by atoms with E-state index in [4.69, 9.17) is 0 Å². The van der Waals surface area contributed by atoms with Crippen LogP contribution in [0, 0.1) is 17.8 Å². The van der Waals surface area contributed by atoms with Crippen LogP contribution < -0.4 is 0 Å². The molecule has 0 aliphatic heterocycles. The first-order chi connectivity index (χ1) is 16.5. The van der Waals surface area contributed by atoms with Crippen molar-refractivity contribution in [2.75, 3.05) is 26.2 Å². The number of carboxylic acids is 3.